The van der Waals surface area contributed by atoms with Gasteiger partial charge in [-0.3, -0.25) is 4.40 Å². The van der Waals surface area contributed by atoms with Gasteiger partial charge in [-0.15, -0.1) is 10.2 Å². The van der Waals surface area contributed by atoms with Crippen LogP contribution in [0, 0.1) is 13.8 Å². The van der Waals surface area contributed by atoms with E-state index in [0.717, 1.165) is 5.82 Å². The third-order valence-electron chi connectivity index (χ3n) is 3.83. The largest absolute Gasteiger partial charge is 0.465 e. The molecule has 0 aliphatic heterocycles. The lowest BCUT2D eigenvalue weighted by Gasteiger charge is -2.05. The van der Waals surface area contributed by atoms with E-state index in [1.165, 1.54) is 23.8 Å². The van der Waals surface area contributed by atoms with Gasteiger partial charge in [-0.1, -0.05) is 18.2 Å². The summed E-state index contributed by atoms with van der Waals surface area (Å²) < 4.78 is 6.59. The van der Waals surface area contributed by atoms with Gasteiger partial charge in [-0.25, -0.2) is 4.79 Å². The van der Waals surface area contributed by atoms with Gasteiger partial charge in [0.05, 0.1) is 12.7 Å². The maximum Gasteiger partial charge on any atom is 0.339 e. The fourth-order valence-electron chi connectivity index (χ4n) is 2.39. The number of fused-ring (bicyclic) bond motifs is 1. The Morgan fingerprint density at radius 2 is 1.95 bits per heavy atom. The van der Waals surface area contributed by atoms with E-state index in [1.54, 1.807) is 18.3 Å². The SMILES string of the molecule is COC(=O)c1ccc2nnc(Cc3ccc(C)c(C)c3)n2c1. The molecule has 0 amide bonds. The lowest BCUT2D eigenvalue weighted by Crippen LogP contribution is -2.04. The number of methoxy groups -OCH3 is 1. The van der Waals surface area contributed by atoms with Crippen molar-refractivity contribution in [3.63, 3.8) is 0 Å². The van der Waals surface area contributed by atoms with Crippen LogP contribution in [-0.2, 0) is 11.2 Å². The number of ether oxygens (including phenoxy) is 1. The first-order valence-electron chi connectivity index (χ1n) is 7.06. The molecular weight excluding hydrogens is 278 g/mol. The van der Waals surface area contributed by atoms with E-state index >= 15 is 0 Å². The zero-order chi connectivity index (χ0) is 15.7. The Bertz CT molecular complexity index is 852. The van der Waals surface area contributed by atoms with Crippen LogP contribution in [0.2, 0.25) is 0 Å². The summed E-state index contributed by atoms with van der Waals surface area (Å²) in [6, 6.07) is 9.81. The topological polar surface area (TPSA) is 56.5 Å². The molecule has 0 radical (unpaired) electrons. The zero-order valence-electron chi connectivity index (χ0n) is 12.8. The van der Waals surface area contributed by atoms with E-state index in [0.29, 0.717) is 17.6 Å². The van der Waals surface area contributed by atoms with Crippen LogP contribution in [0.1, 0.15) is 32.9 Å². The van der Waals surface area contributed by atoms with Crippen molar-refractivity contribution in [2.45, 2.75) is 20.3 Å². The zero-order valence-corrected chi connectivity index (χ0v) is 12.8. The van der Waals surface area contributed by atoms with Gasteiger partial charge in [0.2, 0.25) is 0 Å². The molecule has 5 heteroatoms. The molecule has 22 heavy (non-hydrogen) atoms. The molecule has 112 valence electrons. The Balaban J connectivity index is 1.99. The number of carbonyl (C=O) groups excluding carboxylic acids is 1. The van der Waals surface area contributed by atoms with E-state index < -0.39 is 0 Å². The van der Waals surface area contributed by atoms with Crippen molar-refractivity contribution in [3.05, 3.63) is 64.6 Å². The second kappa shape index (κ2) is 5.60. The Morgan fingerprint density at radius 3 is 2.68 bits per heavy atom. The normalized spacial score (nSPS) is 10.9. The minimum atomic E-state index is -0.368. The molecule has 0 atom stereocenters. The summed E-state index contributed by atoms with van der Waals surface area (Å²) in [6.07, 6.45) is 2.38. The standard InChI is InChI=1S/C17H17N3O2/c1-11-4-5-13(8-12(11)2)9-16-19-18-15-7-6-14(10-20(15)16)17(21)22-3/h4-8,10H,9H2,1-3H3. The molecule has 2 aromatic heterocycles. The monoisotopic (exact) mass is 295 g/mol. The Morgan fingerprint density at radius 1 is 1.14 bits per heavy atom. The molecule has 2 heterocycles. The lowest BCUT2D eigenvalue weighted by atomic mass is 10.0. The van der Waals surface area contributed by atoms with Gasteiger partial charge < -0.3 is 4.74 Å². The second-order valence-electron chi connectivity index (χ2n) is 5.35. The second-order valence-corrected chi connectivity index (χ2v) is 5.35. The van der Waals surface area contributed by atoms with Crippen molar-refractivity contribution in [2.75, 3.05) is 7.11 Å². The molecule has 0 bridgehead atoms. The average molecular weight is 295 g/mol. The molecule has 0 saturated heterocycles. The van der Waals surface area contributed by atoms with E-state index in [2.05, 4.69) is 42.2 Å². The van der Waals surface area contributed by atoms with Crippen molar-refractivity contribution in [3.8, 4) is 0 Å². The van der Waals surface area contributed by atoms with Crippen molar-refractivity contribution < 1.29 is 9.53 Å². The van der Waals surface area contributed by atoms with Crippen LogP contribution in [0.4, 0.5) is 0 Å². The highest BCUT2D eigenvalue weighted by molar-refractivity contribution is 5.89. The number of nitrogens with zero attached hydrogens (tertiary/aromatic N) is 3. The fourth-order valence-corrected chi connectivity index (χ4v) is 2.39. The van der Waals surface area contributed by atoms with Crippen LogP contribution in [0.15, 0.2) is 36.5 Å². The summed E-state index contributed by atoms with van der Waals surface area (Å²) in [6.45, 7) is 4.18. The van der Waals surface area contributed by atoms with Gasteiger partial charge in [-0.2, -0.15) is 0 Å². The number of carbonyl (C=O) groups is 1. The molecule has 0 spiro atoms. The molecule has 3 aromatic rings. The molecule has 0 aliphatic rings. The number of aryl methyl sites for hydroxylation is 2. The number of hydrogen-bond acceptors (Lipinski definition) is 4. The van der Waals surface area contributed by atoms with Gasteiger partial charge in [0.15, 0.2) is 5.65 Å². The lowest BCUT2D eigenvalue weighted by molar-refractivity contribution is 0.0600. The molecule has 0 saturated carbocycles. The van der Waals surface area contributed by atoms with Gasteiger partial charge in [0.1, 0.15) is 5.82 Å². The van der Waals surface area contributed by atoms with Crippen molar-refractivity contribution in [1.82, 2.24) is 14.6 Å². The fraction of sp³-hybridized carbons (Fsp3) is 0.235. The van der Waals surface area contributed by atoms with Gasteiger partial charge in [0, 0.05) is 12.6 Å². The van der Waals surface area contributed by atoms with Gasteiger partial charge >= 0.3 is 5.97 Å². The predicted molar refractivity (Wildman–Crippen MR) is 83.0 cm³/mol. The number of aromatic nitrogens is 3. The van der Waals surface area contributed by atoms with Crippen LogP contribution in [-0.4, -0.2) is 27.7 Å². The summed E-state index contributed by atoms with van der Waals surface area (Å²) in [5.41, 5.74) is 4.88. The van der Waals surface area contributed by atoms with E-state index in [4.69, 9.17) is 4.74 Å². The van der Waals surface area contributed by atoms with E-state index in [9.17, 15) is 4.79 Å². The highest BCUT2D eigenvalue weighted by atomic mass is 16.5. The highest BCUT2D eigenvalue weighted by Crippen LogP contribution is 2.15. The molecule has 0 aliphatic carbocycles. The molecule has 0 N–H and O–H groups in total. The molecule has 5 nitrogen and oxygen atoms in total. The maximum atomic E-state index is 11.7. The number of rotatable bonds is 3. The van der Waals surface area contributed by atoms with Crippen LogP contribution in [0.25, 0.3) is 5.65 Å². The van der Waals surface area contributed by atoms with E-state index in [-0.39, 0.29) is 5.97 Å². The van der Waals surface area contributed by atoms with Crippen LogP contribution < -0.4 is 0 Å². The summed E-state index contributed by atoms with van der Waals surface area (Å²) in [5, 5.41) is 8.37. The van der Waals surface area contributed by atoms with Crippen LogP contribution >= 0.6 is 0 Å². The Kier molecular flexibility index (Phi) is 3.63. The smallest absolute Gasteiger partial charge is 0.339 e. The summed E-state index contributed by atoms with van der Waals surface area (Å²) in [4.78, 5) is 11.7. The maximum absolute atomic E-state index is 11.7. The number of esters is 1. The third-order valence-corrected chi connectivity index (χ3v) is 3.83. The molecule has 0 fully saturated rings. The van der Waals surface area contributed by atoms with Crippen molar-refractivity contribution in [2.24, 2.45) is 0 Å². The predicted octanol–water partition coefficient (Wildman–Crippen LogP) is 2.72. The van der Waals surface area contributed by atoms with Gasteiger partial charge in [0.25, 0.3) is 0 Å². The number of benzene rings is 1. The van der Waals surface area contributed by atoms with E-state index in [1.807, 2.05) is 4.40 Å². The first-order valence-corrected chi connectivity index (χ1v) is 7.06. The minimum absolute atomic E-state index is 0.368. The number of hydrogen-bond donors (Lipinski definition) is 0. The molecule has 1 aromatic carbocycles. The summed E-state index contributed by atoms with van der Waals surface area (Å²) in [5.74, 6) is 0.428. The van der Waals surface area contributed by atoms with Crippen molar-refractivity contribution >= 4 is 11.6 Å². The third kappa shape index (κ3) is 2.57. The first kappa shape index (κ1) is 14.3. The quantitative estimate of drug-likeness (QED) is 0.697. The highest BCUT2D eigenvalue weighted by Gasteiger charge is 2.11. The van der Waals surface area contributed by atoms with Crippen LogP contribution in [0.5, 0.6) is 0 Å². The first-order chi connectivity index (χ1) is 10.6. The number of pyridine rings is 1. The average Bonchev–Trinajstić information content (AvgIpc) is 2.92. The van der Waals surface area contributed by atoms with Crippen LogP contribution in [0.3, 0.4) is 0 Å². The van der Waals surface area contributed by atoms with Crippen molar-refractivity contribution in [1.29, 1.82) is 0 Å². The van der Waals surface area contributed by atoms with Gasteiger partial charge in [-0.05, 0) is 42.7 Å². The summed E-state index contributed by atoms with van der Waals surface area (Å²) >= 11 is 0. The molecular formula is C17H17N3O2. The summed E-state index contributed by atoms with van der Waals surface area (Å²) in [7, 11) is 1.37. The Labute approximate surface area is 128 Å². The molecule has 0 unspecified atom stereocenters. The molecule has 3 rings (SSSR count). The minimum Gasteiger partial charge on any atom is -0.465 e. The Hall–Kier alpha value is -2.69.